The predicted octanol–water partition coefficient (Wildman–Crippen LogP) is 2.81. The number of rotatable bonds is 3. The molecular formula is C17H23NO3. The first-order chi connectivity index (χ1) is 10.2. The van der Waals surface area contributed by atoms with Crippen LogP contribution in [0, 0.1) is 11.3 Å². The Morgan fingerprint density at radius 3 is 2.67 bits per heavy atom. The van der Waals surface area contributed by atoms with Crippen LogP contribution in [0.25, 0.3) is 0 Å². The summed E-state index contributed by atoms with van der Waals surface area (Å²) < 4.78 is 5.39. The number of aliphatic hydroxyl groups is 1. The first-order valence-corrected chi connectivity index (χ1v) is 7.80. The summed E-state index contributed by atoms with van der Waals surface area (Å²) in [5.74, 6) is 0.212. The second-order valence-corrected chi connectivity index (χ2v) is 6.33. The van der Waals surface area contributed by atoms with Gasteiger partial charge >= 0.3 is 6.09 Å². The molecule has 0 radical (unpaired) electrons. The first kappa shape index (κ1) is 14.4. The highest BCUT2D eigenvalue weighted by Crippen LogP contribution is 2.52. The predicted molar refractivity (Wildman–Crippen MR) is 79.7 cm³/mol. The molecule has 1 saturated carbocycles. The molecule has 1 spiro atoms. The van der Waals surface area contributed by atoms with Gasteiger partial charge in [0.15, 0.2) is 0 Å². The molecule has 1 heterocycles. The van der Waals surface area contributed by atoms with Crippen LogP contribution in [-0.4, -0.2) is 35.8 Å². The average molecular weight is 289 g/mol. The van der Waals surface area contributed by atoms with Gasteiger partial charge in [-0.15, -0.1) is 0 Å². The van der Waals surface area contributed by atoms with Crippen molar-refractivity contribution in [2.24, 2.45) is 11.3 Å². The van der Waals surface area contributed by atoms with Gasteiger partial charge < -0.3 is 14.7 Å². The van der Waals surface area contributed by atoms with E-state index in [4.69, 9.17) is 4.74 Å². The van der Waals surface area contributed by atoms with Crippen molar-refractivity contribution in [1.82, 2.24) is 4.90 Å². The van der Waals surface area contributed by atoms with Gasteiger partial charge in [-0.05, 0) is 30.2 Å². The minimum atomic E-state index is -0.258. The summed E-state index contributed by atoms with van der Waals surface area (Å²) in [5, 5.41) is 9.62. The zero-order valence-corrected chi connectivity index (χ0v) is 12.3. The summed E-state index contributed by atoms with van der Waals surface area (Å²) in [7, 11) is 0. The molecule has 114 valence electrons. The van der Waals surface area contributed by atoms with Gasteiger partial charge in [0.1, 0.15) is 6.61 Å². The maximum atomic E-state index is 12.2. The fourth-order valence-corrected chi connectivity index (χ4v) is 3.63. The van der Waals surface area contributed by atoms with Crippen LogP contribution in [0.15, 0.2) is 30.3 Å². The van der Waals surface area contributed by atoms with E-state index in [-0.39, 0.29) is 18.6 Å². The highest BCUT2D eigenvalue weighted by atomic mass is 16.6. The molecule has 2 fully saturated rings. The summed E-state index contributed by atoms with van der Waals surface area (Å²) in [5.41, 5.74) is 1.29. The largest absolute Gasteiger partial charge is 0.445 e. The molecule has 2 aliphatic rings. The normalized spacial score (nSPS) is 23.7. The van der Waals surface area contributed by atoms with Crippen molar-refractivity contribution in [2.45, 2.75) is 32.3 Å². The minimum Gasteiger partial charge on any atom is -0.445 e. The highest BCUT2D eigenvalue weighted by Gasteiger charge is 2.47. The van der Waals surface area contributed by atoms with E-state index in [2.05, 4.69) is 0 Å². The van der Waals surface area contributed by atoms with Crippen molar-refractivity contribution in [1.29, 1.82) is 0 Å². The number of hydrogen-bond acceptors (Lipinski definition) is 3. The Hall–Kier alpha value is -1.55. The number of benzene rings is 1. The zero-order valence-electron chi connectivity index (χ0n) is 12.3. The van der Waals surface area contributed by atoms with Gasteiger partial charge in [0.25, 0.3) is 0 Å². The van der Waals surface area contributed by atoms with E-state index < -0.39 is 0 Å². The molecule has 1 aliphatic heterocycles. The Balaban J connectivity index is 1.54. The van der Waals surface area contributed by atoms with Crippen molar-refractivity contribution in [3.8, 4) is 0 Å². The Morgan fingerprint density at radius 1 is 1.29 bits per heavy atom. The number of nitrogens with zero attached hydrogens (tertiary/aromatic N) is 1. The minimum absolute atomic E-state index is 0.169. The Kier molecular flexibility index (Phi) is 4.15. The summed E-state index contributed by atoms with van der Waals surface area (Å²) in [6, 6.07) is 9.71. The van der Waals surface area contributed by atoms with Crippen molar-refractivity contribution in [2.75, 3.05) is 19.7 Å². The fraction of sp³-hybridized carbons (Fsp3) is 0.588. The fourth-order valence-electron chi connectivity index (χ4n) is 3.63. The van der Waals surface area contributed by atoms with Gasteiger partial charge in [0, 0.05) is 25.6 Å². The smallest absolute Gasteiger partial charge is 0.410 e. The highest BCUT2D eigenvalue weighted by molar-refractivity contribution is 5.67. The lowest BCUT2D eigenvalue weighted by molar-refractivity contribution is -0.0505. The van der Waals surface area contributed by atoms with Crippen LogP contribution in [0.4, 0.5) is 4.79 Å². The molecule has 1 saturated heterocycles. The number of piperidine rings is 1. The quantitative estimate of drug-likeness (QED) is 0.931. The van der Waals surface area contributed by atoms with E-state index in [1.165, 1.54) is 19.3 Å². The second-order valence-electron chi connectivity index (χ2n) is 6.33. The summed E-state index contributed by atoms with van der Waals surface area (Å²) in [4.78, 5) is 13.9. The molecular weight excluding hydrogens is 266 g/mol. The molecule has 3 rings (SSSR count). The standard InChI is InChI=1S/C17H23NO3/c19-12-15-11-18(10-9-17(15)7-4-8-17)16(20)21-13-14-5-2-1-3-6-14/h1-3,5-6,15,19H,4,7-13H2. The van der Waals surface area contributed by atoms with E-state index in [1.807, 2.05) is 30.3 Å². The second kappa shape index (κ2) is 6.06. The molecule has 21 heavy (non-hydrogen) atoms. The lowest BCUT2D eigenvalue weighted by Crippen LogP contribution is -2.53. The number of ether oxygens (including phenoxy) is 1. The maximum Gasteiger partial charge on any atom is 0.410 e. The average Bonchev–Trinajstić information content (AvgIpc) is 2.51. The van der Waals surface area contributed by atoms with Crippen molar-refractivity contribution < 1.29 is 14.6 Å². The molecule has 1 aromatic rings. The molecule has 0 aromatic heterocycles. The molecule has 0 bridgehead atoms. The molecule has 1 aromatic carbocycles. The van der Waals surface area contributed by atoms with Gasteiger partial charge in [-0.25, -0.2) is 4.79 Å². The Bertz CT molecular complexity index is 484. The third-order valence-electron chi connectivity index (χ3n) is 5.22. The Labute approximate surface area is 125 Å². The SMILES string of the molecule is O=C(OCc1ccccc1)N1CCC2(CCC2)C(CO)C1. The molecule has 1 atom stereocenters. The third kappa shape index (κ3) is 2.91. The van der Waals surface area contributed by atoms with Gasteiger partial charge in [-0.1, -0.05) is 36.8 Å². The number of aliphatic hydroxyl groups excluding tert-OH is 1. The number of amides is 1. The van der Waals surface area contributed by atoms with E-state index in [0.717, 1.165) is 18.5 Å². The van der Waals surface area contributed by atoms with E-state index in [1.54, 1.807) is 4.90 Å². The van der Waals surface area contributed by atoms with Crippen LogP contribution >= 0.6 is 0 Å². The zero-order chi connectivity index (χ0) is 14.7. The van der Waals surface area contributed by atoms with Crippen LogP contribution in [0.2, 0.25) is 0 Å². The van der Waals surface area contributed by atoms with Crippen LogP contribution in [0.1, 0.15) is 31.2 Å². The van der Waals surface area contributed by atoms with Crippen molar-refractivity contribution in [3.05, 3.63) is 35.9 Å². The lowest BCUT2D eigenvalue weighted by Gasteiger charge is -2.52. The van der Waals surface area contributed by atoms with Gasteiger partial charge in [0.05, 0.1) is 0 Å². The molecule has 4 nitrogen and oxygen atoms in total. The van der Waals surface area contributed by atoms with Crippen LogP contribution in [0.5, 0.6) is 0 Å². The number of hydrogen-bond donors (Lipinski definition) is 1. The van der Waals surface area contributed by atoms with Crippen molar-refractivity contribution >= 4 is 6.09 Å². The summed E-state index contributed by atoms with van der Waals surface area (Å²) in [6.07, 6.45) is 4.40. The topological polar surface area (TPSA) is 49.8 Å². The van der Waals surface area contributed by atoms with Crippen LogP contribution < -0.4 is 0 Å². The van der Waals surface area contributed by atoms with Gasteiger partial charge in [-0.2, -0.15) is 0 Å². The number of carbonyl (C=O) groups is 1. The van der Waals surface area contributed by atoms with E-state index >= 15 is 0 Å². The van der Waals surface area contributed by atoms with Gasteiger partial charge in [0.2, 0.25) is 0 Å². The molecule has 1 amide bonds. The number of likely N-dealkylation sites (tertiary alicyclic amines) is 1. The van der Waals surface area contributed by atoms with Gasteiger partial charge in [-0.3, -0.25) is 0 Å². The van der Waals surface area contributed by atoms with Crippen LogP contribution in [0.3, 0.4) is 0 Å². The lowest BCUT2D eigenvalue weighted by atomic mass is 9.58. The van der Waals surface area contributed by atoms with E-state index in [0.29, 0.717) is 18.6 Å². The third-order valence-corrected chi connectivity index (χ3v) is 5.22. The molecule has 1 aliphatic carbocycles. The van der Waals surface area contributed by atoms with Crippen LogP contribution in [-0.2, 0) is 11.3 Å². The Morgan fingerprint density at radius 2 is 2.05 bits per heavy atom. The number of carbonyl (C=O) groups excluding carboxylic acids is 1. The van der Waals surface area contributed by atoms with E-state index in [9.17, 15) is 9.90 Å². The summed E-state index contributed by atoms with van der Waals surface area (Å²) >= 11 is 0. The molecule has 1 N–H and O–H groups in total. The summed E-state index contributed by atoms with van der Waals surface area (Å²) in [6.45, 7) is 1.86. The molecule has 1 unspecified atom stereocenters. The molecule has 4 heteroatoms. The first-order valence-electron chi connectivity index (χ1n) is 7.80. The maximum absolute atomic E-state index is 12.2. The monoisotopic (exact) mass is 289 g/mol. The van der Waals surface area contributed by atoms with Crippen molar-refractivity contribution in [3.63, 3.8) is 0 Å².